The lowest BCUT2D eigenvalue weighted by atomic mass is 10.0. The summed E-state index contributed by atoms with van der Waals surface area (Å²) in [4.78, 5) is 35.7. The van der Waals surface area contributed by atoms with Crippen molar-refractivity contribution >= 4 is 17.9 Å². The molecule has 7 heteroatoms. The summed E-state index contributed by atoms with van der Waals surface area (Å²) >= 11 is 0. The third kappa shape index (κ3) is 4.11. The van der Waals surface area contributed by atoms with Crippen molar-refractivity contribution in [2.24, 2.45) is 5.92 Å². The number of carbonyl (C=O) groups is 3. The Balaban J connectivity index is 2.49. The lowest BCUT2D eigenvalue weighted by Gasteiger charge is -2.33. The second-order valence-corrected chi connectivity index (χ2v) is 4.67. The van der Waals surface area contributed by atoms with Gasteiger partial charge in [0.25, 0.3) is 0 Å². The summed E-state index contributed by atoms with van der Waals surface area (Å²) in [7, 11) is 0. The molecule has 2 unspecified atom stereocenters. The van der Waals surface area contributed by atoms with Gasteiger partial charge in [-0.25, -0.2) is 4.79 Å². The van der Waals surface area contributed by atoms with Crippen molar-refractivity contribution < 1.29 is 19.5 Å². The molecule has 1 aliphatic heterocycles. The van der Waals surface area contributed by atoms with Gasteiger partial charge in [0.2, 0.25) is 5.91 Å². The minimum Gasteiger partial charge on any atom is -0.481 e. The lowest BCUT2D eigenvalue weighted by molar-refractivity contribution is -0.141. The van der Waals surface area contributed by atoms with Crippen molar-refractivity contribution in [2.75, 3.05) is 19.6 Å². The highest BCUT2D eigenvalue weighted by Crippen LogP contribution is 2.07. The first-order chi connectivity index (χ1) is 8.97. The standard InChI is InChI=1S/C12H21N3O4/c1-3-4-9(11(17)18)7-14-12(19)15-6-5-13-10(16)8(15)2/h8-9H,3-7H2,1-2H3,(H,13,16)(H,14,19)(H,17,18). The zero-order valence-electron chi connectivity index (χ0n) is 11.3. The number of amides is 3. The van der Waals surface area contributed by atoms with Gasteiger partial charge in [-0.1, -0.05) is 13.3 Å². The minimum atomic E-state index is -0.911. The first kappa shape index (κ1) is 15.3. The molecular formula is C12H21N3O4. The Hall–Kier alpha value is -1.79. The molecule has 1 saturated heterocycles. The zero-order chi connectivity index (χ0) is 14.4. The molecule has 1 aliphatic rings. The van der Waals surface area contributed by atoms with Crippen LogP contribution in [0, 0.1) is 5.92 Å². The van der Waals surface area contributed by atoms with Crippen LogP contribution in [0.5, 0.6) is 0 Å². The van der Waals surface area contributed by atoms with Gasteiger partial charge in [-0.15, -0.1) is 0 Å². The number of hydrogen-bond acceptors (Lipinski definition) is 3. The maximum Gasteiger partial charge on any atom is 0.318 e. The van der Waals surface area contributed by atoms with E-state index in [4.69, 9.17) is 5.11 Å². The van der Waals surface area contributed by atoms with E-state index in [2.05, 4.69) is 10.6 Å². The van der Waals surface area contributed by atoms with Crippen LogP contribution in [0.1, 0.15) is 26.7 Å². The largest absolute Gasteiger partial charge is 0.481 e. The van der Waals surface area contributed by atoms with Crippen LogP contribution in [0.4, 0.5) is 4.79 Å². The summed E-state index contributed by atoms with van der Waals surface area (Å²) in [6.07, 6.45) is 1.26. The lowest BCUT2D eigenvalue weighted by Crippen LogP contribution is -2.58. The number of urea groups is 1. The molecule has 0 aromatic carbocycles. The van der Waals surface area contributed by atoms with Crippen LogP contribution in [0.25, 0.3) is 0 Å². The van der Waals surface area contributed by atoms with Crippen LogP contribution in [0.15, 0.2) is 0 Å². The number of nitrogens with zero attached hydrogens (tertiary/aromatic N) is 1. The highest BCUT2D eigenvalue weighted by molar-refractivity contribution is 5.88. The number of carbonyl (C=O) groups excluding carboxylic acids is 2. The van der Waals surface area contributed by atoms with Gasteiger partial charge in [0.15, 0.2) is 0 Å². The summed E-state index contributed by atoms with van der Waals surface area (Å²) in [5.74, 6) is -1.68. The van der Waals surface area contributed by atoms with E-state index < -0.39 is 17.9 Å². The Morgan fingerprint density at radius 3 is 2.84 bits per heavy atom. The molecule has 108 valence electrons. The van der Waals surface area contributed by atoms with E-state index in [-0.39, 0.29) is 18.5 Å². The van der Waals surface area contributed by atoms with Crippen molar-refractivity contribution in [1.82, 2.24) is 15.5 Å². The molecule has 0 spiro atoms. The van der Waals surface area contributed by atoms with Gasteiger partial charge in [0, 0.05) is 19.6 Å². The third-order valence-corrected chi connectivity index (χ3v) is 3.25. The molecule has 7 nitrogen and oxygen atoms in total. The first-order valence-corrected chi connectivity index (χ1v) is 6.52. The van der Waals surface area contributed by atoms with Crippen LogP contribution < -0.4 is 10.6 Å². The number of carboxylic acid groups (broad SMARTS) is 1. The molecule has 0 aliphatic carbocycles. The molecule has 0 radical (unpaired) electrons. The molecule has 1 fully saturated rings. The highest BCUT2D eigenvalue weighted by Gasteiger charge is 2.29. The monoisotopic (exact) mass is 271 g/mol. The van der Waals surface area contributed by atoms with E-state index in [9.17, 15) is 14.4 Å². The molecule has 0 bridgehead atoms. The van der Waals surface area contributed by atoms with Crippen molar-refractivity contribution in [1.29, 1.82) is 0 Å². The van der Waals surface area contributed by atoms with Crippen LogP contribution >= 0.6 is 0 Å². The van der Waals surface area contributed by atoms with E-state index in [1.165, 1.54) is 4.90 Å². The Bertz CT molecular complexity index is 359. The summed E-state index contributed by atoms with van der Waals surface area (Å²) in [5.41, 5.74) is 0. The Labute approximate surface area is 112 Å². The molecule has 3 N–H and O–H groups in total. The van der Waals surface area contributed by atoms with E-state index in [1.807, 2.05) is 6.92 Å². The SMILES string of the molecule is CCCC(CNC(=O)N1CCNC(=O)C1C)C(=O)O. The molecule has 0 saturated carbocycles. The highest BCUT2D eigenvalue weighted by atomic mass is 16.4. The van der Waals surface area contributed by atoms with Gasteiger partial charge in [-0.2, -0.15) is 0 Å². The van der Waals surface area contributed by atoms with Gasteiger partial charge in [-0.05, 0) is 13.3 Å². The first-order valence-electron chi connectivity index (χ1n) is 6.52. The maximum absolute atomic E-state index is 11.9. The van der Waals surface area contributed by atoms with Gasteiger partial charge in [0.1, 0.15) is 6.04 Å². The predicted molar refractivity (Wildman–Crippen MR) is 68.6 cm³/mol. The molecule has 0 aromatic heterocycles. The van der Waals surface area contributed by atoms with Gasteiger partial charge in [0.05, 0.1) is 5.92 Å². The second kappa shape index (κ2) is 6.96. The summed E-state index contributed by atoms with van der Waals surface area (Å²) < 4.78 is 0. The van der Waals surface area contributed by atoms with E-state index in [0.29, 0.717) is 19.5 Å². The van der Waals surface area contributed by atoms with Crippen molar-refractivity contribution in [3.63, 3.8) is 0 Å². The molecule has 0 aromatic rings. The number of aliphatic carboxylic acids is 1. The van der Waals surface area contributed by atoms with Gasteiger partial charge >= 0.3 is 12.0 Å². The normalized spacial score (nSPS) is 20.6. The van der Waals surface area contributed by atoms with Crippen molar-refractivity contribution in [2.45, 2.75) is 32.7 Å². The number of hydrogen-bond donors (Lipinski definition) is 3. The molecule has 19 heavy (non-hydrogen) atoms. The van der Waals surface area contributed by atoms with E-state index in [1.54, 1.807) is 6.92 Å². The fourth-order valence-electron chi connectivity index (χ4n) is 2.03. The minimum absolute atomic E-state index is 0.0901. The van der Waals surface area contributed by atoms with Crippen LogP contribution in [-0.4, -0.2) is 53.6 Å². The van der Waals surface area contributed by atoms with Gasteiger partial charge in [-0.3, -0.25) is 9.59 Å². The average molecular weight is 271 g/mol. The number of nitrogens with one attached hydrogen (secondary N) is 2. The van der Waals surface area contributed by atoms with E-state index in [0.717, 1.165) is 6.42 Å². The van der Waals surface area contributed by atoms with Crippen LogP contribution in [-0.2, 0) is 9.59 Å². The Morgan fingerprint density at radius 1 is 1.58 bits per heavy atom. The van der Waals surface area contributed by atoms with Crippen LogP contribution in [0.2, 0.25) is 0 Å². The van der Waals surface area contributed by atoms with Gasteiger partial charge < -0.3 is 20.6 Å². The van der Waals surface area contributed by atoms with Crippen LogP contribution in [0.3, 0.4) is 0 Å². The van der Waals surface area contributed by atoms with Crippen molar-refractivity contribution in [3.05, 3.63) is 0 Å². The zero-order valence-corrected chi connectivity index (χ0v) is 11.3. The molecule has 2 atom stereocenters. The summed E-state index contributed by atoms with van der Waals surface area (Å²) in [6.45, 7) is 4.49. The third-order valence-electron chi connectivity index (χ3n) is 3.25. The molecule has 3 amide bonds. The second-order valence-electron chi connectivity index (χ2n) is 4.67. The van der Waals surface area contributed by atoms with Crippen molar-refractivity contribution in [3.8, 4) is 0 Å². The molecular weight excluding hydrogens is 250 g/mol. The fourth-order valence-corrected chi connectivity index (χ4v) is 2.03. The molecule has 1 rings (SSSR count). The number of carboxylic acids is 1. The molecule has 1 heterocycles. The Morgan fingerprint density at radius 2 is 2.26 bits per heavy atom. The summed E-state index contributed by atoms with van der Waals surface area (Å²) in [6, 6.07) is -0.909. The quantitative estimate of drug-likeness (QED) is 0.656. The predicted octanol–water partition coefficient (Wildman–Crippen LogP) is 0.0172. The Kier molecular flexibility index (Phi) is 5.59. The number of rotatable bonds is 5. The van der Waals surface area contributed by atoms with E-state index >= 15 is 0 Å². The fraction of sp³-hybridized carbons (Fsp3) is 0.750. The topological polar surface area (TPSA) is 98.7 Å². The number of piperazine rings is 1. The smallest absolute Gasteiger partial charge is 0.318 e. The maximum atomic E-state index is 11.9. The average Bonchev–Trinajstić information content (AvgIpc) is 2.37. The summed E-state index contributed by atoms with van der Waals surface area (Å²) in [5, 5.41) is 14.3.